The van der Waals surface area contributed by atoms with Crippen LogP contribution in [-0.2, 0) is 6.54 Å². The number of aliphatic hydroxyl groups excluding tert-OH is 1. The van der Waals surface area contributed by atoms with Crippen LogP contribution in [0.1, 0.15) is 37.5 Å². The number of benzene rings is 1. The van der Waals surface area contributed by atoms with Gasteiger partial charge in [0.15, 0.2) is 0 Å². The number of nitrogens with zero attached hydrogens (tertiary/aromatic N) is 1. The summed E-state index contributed by atoms with van der Waals surface area (Å²) in [6.07, 6.45) is 0.709. The summed E-state index contributed by atoms with van der Waals surface area (Å²) in [5.74, 6) is 0. The van der Waals surface area contributed by atoms with Gasteiger partial charge in [0.05, 0.1) is 6.10 Å². The van der Waals surface area contributed by atoms with Gasteiger partial charge in [-0.2, -0.15) is 0 Å². The molecule has 3 heteroatoms. The van der Waals surface area contributed by atoms with E-state index in [4.69, 9.17) is 5.73 Å². The zero-order valence-corrected chi connectivity index (χ0v) is 10.9. The van der Waals surface area contributed by atoms with Crippen molar-refractivity contribution >= 4 is 0 Å². The van der Waals surface area contributed by atoms with E-state index in [-0.39, 0.29) is 0 Å². The quantitative estimate of drug-likeness (QED) is 0.760. The summed E-state index contributed by atoms with van der Waals surface area (Å²) in [5.41, 5.74) is 7.62. The minimum atomic E-state index is -0.409. The van der Waals surface area contributed by atoms with Crippen molar-refractivity contribution in [2.45, 2.75) is 32.9 Å². The summed E-state index contributed by atoms with van der Waals surface area (Å²) >= 11 is 0. The lowest BCUT2D eigenvalue weighted by Gasteiger charge is -2.23. The maximum Gasteiger partial charge on any atom is 0.0916 e. The zero-order valence-electron chi connectivity index (χ0n) is 10.9. The molecule has 0 saturated carbocycles. The number of likely N-dealkylation sites (N-methyl/N-ethyl adjacent to an activating group) is 1. The molecule has 0 aromatic heterocycles. The molecule has 1 unspecified atom stereocenters. The highest BCUT2D eigenvalue weighted by Gasteiger charge is 2.11. The Morgan fingerprint density at radius 1 is 1.24 bits per heavy atom. The summed E-state index contributed by atoms with van der Waals surface area (Å²) in [6, 6.07) is 7.89. The van der Waals surface area contributed by atoms with Crippen molar-refractivity contribution in [1.82, 2.24) is 4.90 Å². The lowest BCUT2D eigenvalue weighted by molar-refractivity contribution is 0.116. The Bertz CT molecular complexity index is 311. The molecule has 0 radical (unpaired) electrons. The van der Waals surface area contributed by atoms with Crippen molar-refractivity contribution in [3.05, 3.63) is 35.4 Å². The van der Waals surface area contributed by atoms with Gasteiger partial charge in [0.25, 0.3) is 0 Å². The van der Waals surface area contributed by atoms with Crippen molar-refractivity contribution in [1.29, 1.82) is 0 Å². The number of hydrogen-bond donors (Lipinski definition) is 2. The van der Waals surface area contributed by atoms with E-state index in [1.807, 2.05) is 24.3 Å². The molecule has 0 spiro atoms. The molecule has 0 heterocycles. The van der Waals surface area contributed by atoms with Crippen LogP contribution >= 0.6 is 0 Å². The predicted molar refractivity (Wildman–Crippen MR) is 71.7 cm³/mol. The molecule has 0 amide bonds. The van der Waals surface area contributed by atoms with Crippen LogP contribution in [0.3, 0.4) is 0 Å². The van der Waals surface area contributed by atoms with Gasteiger partial charge in [-0.3, -0.25) is 0 Å². The van der Waals surface area contributed by atoms with Gasteiger partial charge in [0.1, 0.15) is 0 Å². The van der Waals surface area contributed by atoms with Crippen molar-refractivity contribution in [2.75, 3.05) is 19.6 Å². The topological polar surface area (TPSA) is 49.5 Å². The first kappa shape index (κ1) is 14.2. The fourth-order valence-electron chi connectivity index (χ4n) is 1.92. The molecular formula is C14H24N2O. The fourth-order valence-corrected chi connectivity index (χ4v) is 1.92. The van der Waals surface area contributed by atoms with Crippen LogP contribution in [0.5, 0.6) is 0 Å². The first-order valence-corrected chi connectivity index (χ1v) is 6.40. The maximum atomic E-state index is 10.1. The van der Waals surface area contributed by atoms with Crippen molar-refractivity contribution in [3.8, 4) is 0 Å². The van der Waals surface area contributed by atoms with Crippen molar-refractivity contribution in [2.24, 2.45) is 5.73 Å². The molecule has 1 aromatic rings. The van der Waals surface area contributed by atoms with Gasteiger partial charge in [0.2, 0.25) is 0 Å². The second-order valence-corrected chi connectivity index (χ2v) is 4.35. The maximum absolute atomic E-state index is 10.1. The summed E-state index contributed by atoms with van der Waals surface area (Å²) in [6.45, 7) is 7.55. The molecule has 0 saturated heterocycles. The largest absolute Gasteiger partial charge is 0.387 e. The molecule has 0 fully saturated rings. The highest BCUT2D eigenvalue weighted by Crippen LogP contribution is 2.15. The van der Waals surface area contributed by atoms with E-state index in [2.05, 4.69) is 18.7 Å². The van der Waals surface area contributed by atoms with E-state index in [0.29, 0.717) is 13.1 Å². The van der Waals surface area contributed by atoms with Gasteiger partial charge in [-0.05, 0) is 30.6 Å². The van der Waals surface area contributed by atoms with Crippen LogP contribution in [0.25, 0.3) is 0 Å². The molecule has 1 atom stereocenters. The van der Waals surface area contributed by atoms with E-state index in [1.165, 1.54) is 0 Å². The average Bonchev–Trinajstić information content (AvgIpc) is 2.38. The normalized spacial score (nSPS) is 13.0. The number of hydrogen-bond acceptors (Lipinski definition) is 3. The van der Waals surface area contributed by atoms with Crippen molar-refractivity contribution in [3.63, 3.8) is 0 Å². The highest BCUT2D eigenvalue weighted by atomic mass is 16.3. The Morgan fingerprint density at radius 2 is 1.88 bits per heavy atom. The highest BCUT2D eigenvalue weighted by molar-refractivity contribution is 5.24. The Hall–Kier alpha value is -0.900. The van der Waals surface area contributed by atoms with Gasteiger partial charge < -0.3 is 15.7 Å². The standard InChI is InChI=1S/C14H24N2O/c1-3-9-16(4-2)11-14(17)13-7-5-12(10-15)6-8-13/h5-8,14,17H,3-4,9-11,15H2,1-2H3. The third-order valence-corrected chi connectivity index (χ3v) is 3.02. The number of nitrogens with two attached hydrogens (primary N) is 1. The Balaban J connectivity index is 2.58. The molecule has 0 aliphatic rings. The smallest absolute Gasteiger partial charge is 0.0916 e. The van der Waals surface area contributed by atoms with E-state index < -0.39 is 6.10 Å². The van der Waals surface area contributed by atoms with Gasteiger partial charge in [0, 0.05) is 13.1 Å². The molecule has 0 bridgehead atoms. The lowest BCUT2D eigenvalue weighted by Crippen LogP contribution is -2.29. The Labute approximate surface area is 104 Å². The summed E-state index contributed by atoms with van der Waals surface area (Å²) in [7, 11) is 0. The molecule has 0 aliphatic heterocycles. The SMILES string of the molecule is CCCN(CC)CC(O)c1ccc(CN)cc1. The number of aliphatic hydroxyl groups is 1. The minimum Gasteiger partial charge on any atom is -0.387 e. The van der Waals surface area contributed by atoms with Gasteiger partial charge in [-0.25, -0.2) is 0 Å². The molecule has 3 nitrogen and oxygen atoms in total. The van der Waals surface area contributed by atoms with E-state index >= 15 is 0 Å². The van der Waals surface area contributed by atoms with Crippen LogP contribution in [0.15, 0.2) is 24.3 Å². The lowest BCUT2D eigenvalue weighted by atomic mass is 10.1. The van der Waals surface area contributed by atoms with Crippen molar-refractivity contribution < 1.29 is 5.11 Å². The third-order valence-electron chi connectivity index (χ3n) is 3.02. The fraction of sp³-hybridized carbons (Fsp3) is 0.571. The molecule has 3 N–H and O–H groups in total. The third kappa shape index (κ3) is 4.46. The minimum absolute atomic E-state index is 0.409. The molecule has 1 aromatic carbocycles. The summed E-state index contributed by atoms with van der Waals surface area (Å²) in [5, 5.41) is 10.1. The second-order valence-electron chi connectivity index (χ2n) is 4.35. The van der Waals surface area contributed by atoms with E-state index in [9.17, 15) is 5.11 Å². The van der Waals surface area contributed by atoms with Crippen LogP contribution < -0.4 is 5.73 Å². The van der Waals surface area contributed by atoms with Crippen LogP contribution in [0.4, 0.5) is 0 Å². The van der Waals surface area contributed by atoms with Crippen LogP contribution in [0, 0.1) is 0 Å². The molecular weight excluding hydrogens is 212 g/mol. The van der Waals surface area contributed by atoms with Crippen LogP contribution in [0.2, 0.25) is 0 Å². The molecule has 1 rings (SSSR count). The zero-order chi connectivity index (χ0) is 12.7. The summed E-state index contributed by atoms with van der Waals surface area (Å²) in [4.78, 5) is 2.27. The first-order chi connectivity index (χ1) is 8.21. The predicted octanol–water partition coefficient (Wildman–Crippen LogP) is 1.91. The van der Waals surface area contributed by atoms with Gasteiger partial charge in [-0.15, -0.1) is 0 Å². The summed E-state index contributed by atoms with van der Waals surface area (Å²) < 4.78 is 0. The Morgan fingerprint density at radius 3 is 2.35 bits per heavy atom. The molecule has 17 heavy (non-hydrogen) atoms. The Kier molecular flexibility index (Phi) is 6.19. The second kappa shape index (κ2) is 7.43. The van der Waals surface area contributed by atoms with E-state index in [0.717, 1.165) is 30.6 Å². The van der Waals surface area contributed by atoms with Gasteiger partial charge >= 0.3 is 0 Å². The van der Waals surface area contributed by atoms with Gasteiger partial charge in [-0.1, -0.05) is 38.1 Å². The van der Waals surface area contributed by atoms with E-state index in [1.54, 1.807) is 0 Å². The van der Waals surface area contributed by atoms with Crippen LogP contribution in [-0.4, -0.2) is 29.6 Å². The molecule has 96 valence electrons. The average molecular weight is 236 g/mol. The first-order valence-electron chi connectivity index (χ1n) is 6.40. The monoisotopic (exact) mass is 236 g/mol. The number of rotatable bonds is 7. The molecule has 0 aliphatic carbocycles.